The van der Waals surface area contributed by atoms with Gasteiger partial charge in [0.15, 0.2) is 11.5 Å². The van der Waals surface area contributed by atoms with Crippen molar-refractivity contribution in [3.63, 3.8) is 0 Å². The third-order valence-electron chi connectivity index (χ3n) is 3.70. The van der Waals surface area contributed by atoms with E-state index in [9.17, 15) is 14.4 Å². The number of carbonyl (C=O) groups is 3. The van der Waals surface area contributed by atoms with E-state index in [1.165, 1.54) is 46.5 Å². The van der Waals surface area contributed by atoms with Crippen molar-refractivity contribution in [2.75, 3.05) is 26.6 Å². The van der Waals surface area contributed by atoms with Crippen LogP contribution in [0.25, 0.3) is 0 Å². The molecule has 0 saturated carbocycles. The number of anilines is 1. The van der Waals surface area contributed by atoms with E-state index in [4.69, 9.17) is 14.2 Å². The summed E-state index contributed by atoms with van der Waals surface area (Å²) in [5, 5.41) is 2.67. The quantitative estimate of drug-likeness (QED) is 0.651. The zero-order valence-corrected chi connectivity index (χ0v) is 15.9. The van der Waals surface area contributed by atoms with E-state index in [1.807, 2.05) is 0 Å². The third-order valence-corrected chi connectivity index (χ3v) is 3.70. The molecule has 2 aromatic carbocycles. The Hall–Kier alpha value is -3.75. The van der Waals surface area contributed by atoms with E-state index >= 15 is 0 Å². The number of ether oxygens (including phenoxy) is 3. The molecular weight excluding hydrogens is 366 g/mol. The molecule has 0 aliphatic carbocycles. The largest absolute Gasteiger partial charge is 0.493 e. The number of hydrazine groups is 1. The van der Waals surface area contributed by atoms with E-state index < -0.39 is 17.7 Å². The number of amides is 3. The lowest BCUT2D eigenvalue weighted by Gasteiger charge is -2.15. The molecule has 0 fully saturated rings. The van der Waals surface area contributed by atoms with Gasteiger partial charge >= 0.3 is 0 Å². The van der Waals surface area contributed by atoms with Gasteiger partial charge in [-0.05, 0) is 24.3 Å². The normalized spacial score (nSPS) is 9.86. The molecule has 28 heavy (non-hydrogen) atoms. The van der Waals surface area contributed by atoms with Gasteiger partial charge in [-0.2, -0.15) is 0 Å². The van der Waals surface area contributed by atoms with Gasteiger partial charge in [-0.15, -0.1) is 0 Å². The summed E-state index contributed by atoms with van der Waals surface area (Å²) in [7, 11) is 4.35. The van der Waals surface area contributed by atoms with Gasteiger partial charge in [0.05, 0.1) is 32.6 Å². The first-order valence-corrected chi connectivity index (χ1v) is 8.18. The number of para-hydroxylation sites is 1. The lowest BCUT2D eigenvalue weighted by atomic mass is 10.1. The maximum Gasteiger partial charge on any atom is 0.271 e. The van der Waals surface area contributed by atoms with Crippen molar-refractivity contribution in [3.05, 3.63) is 47.5 Å². The molecule has 0 heterocycles. The summed E-state index contributed by atoms with van der Waals surface area (Å²) in [6.45, 7) is 1.26. The van der Waals surface area contributed by atoms with Crippen LogP contribution in [0, 0.1) is 0 Å². The minimum Gasteiger partial charge on any atom is -0.493 e. The molecule has 0 radical (unpaired) electrons. The predicted molar refractivity (Wildman–Crippen MR) is 102 cm³/mol. The Morgan fingerprint density at radius 1 is 0.821 bits per heavy atom. The Labute approximate surface area is 161 Å². The van der Waals surface area contributed by atoms with E-state index in [1.54, 1.807) is 18.2 Å². The summed E-state index contributed by atoms with van der Waals surface area (Å²) in [4.78, 5) is 35.9. The van der Waals surface area contributed by atoms with Crippen molar-refractivity contribution in [3.8, 4) is 17.2 Å². The molecule has 0 aromatic heterocycles. The van der Waals surface area contributed by atoms with E-state index in [0.29, 0.717) is 17.2 Å². The average Bonchev–Trinajstić information content (AvgIpc) is 2.70. The van der Waals surface area contributed by atoms with Crippen LogP contribution in [0.3, 0.4) is 0 Å². The van der Waals surface area contributed by atoms with E-state index in [2.05, 4.69) is 16.2 Å². The van der Waals surface area contributed by atoms with Crippen LogP contribution >= 0.6 is 0 Å². The number of hydrogen-bond acceptors (Lipinski definition) is 6. The van der Waals surface area contributed by atoms with Crippen LogP contribution < -0.4 is 30.4 Å². The number of methoxy groups -OCH3 is 3. The Balaban J connectivity index is 2.31. The van der Waals surface area contributed by atoms with Gasteiger partial charge < -0.3 is 19.5 Å². The van der Waals surface area contributed by atoms with Gasteiger partial charge in [0.1, 0.15) is 0 Å². The van der Waals surface area contributed by atoms with Gasteiger partial charge in [-0.3, -0.25) is 25.2 Å². The number of rotatable bonds is 6. The van der Waals surface area contributed by atoms with Crippen molar-refractivity contribution in [2.45, 2.75) is 6.92 Å². The smallest absolute Gasteiger partial charge is 0.271 e. The standard InChI is InChI=1S/C19H21N3O6/c1-11(23)21-22-19(25)13-7-5-6-8-14(13)20-18(24)12-9-15(26-2)17(28-4)16(10-12)27-3/h5-10H,1-4H3,(H,20,24)(H,21,23)(H,22,25). The van der Waals surface area contributed by atoms with Gasteiger partial charge in [0.25, 0.3) is 11.8 Å². The van der Waals surface area contributed by atoms with Gasteiger partial charge in [0.2, 0.25) is 11.7 Å². The molecule has 9 nitrogen and oxygen atoms in total. The zero-order valence-electron chi connectivity index (χ0n) is 15.9. The predicted octanol–water partition coefficient (Wildman–Crippen LogP) is 1.75. The Kier molecular flexibility index (Phi) is 6.80. The summed E-state index contributed by atoms with van der Waals surface area (Å²) in [5.41, 5.74) is 5.15. The second-order valence-corrected chi connectivity index (χ2v) is 5.55. The maximum atomic E-state index is 12.7. The molecule has 0 saturated heterocycles. The first-order chi connectivity index (χ1) is 13.4. The maximum absolute atomic E-state index is 12.7. The van der Waals surface area contributed by atoms with Crippen LogP contribution in [0.2, 0.25) is 0 Å². The van der Waals surface area contributed by atoms with E-state index in [-0.39, 0.29) is 16.8 Å². The first-order valence-electron chi connectivity index (χ1n) is 8.18. The van der Waals surface area contributed by atoms with Crippen LogP contribution in [0.1, 0.15) is 27.6 Å². The minimum absolute atomic E-state index is 0.178. The summed E-state index contributed by atoms with van der Waals surface area (Å²) >= 11 is 0. The molecule has 0 aliphatic heterocycles. The van der Waals surface area contributed by atoms with Crippen molar-refractivity contribution < 1.29 is 28.6 Å². The summed E-state index contributed by atoms with van der Waals surface area (Å²) in [6.07, 6.45) is 0. The van der Waals surface area contributed by atoms with Crippen LogP contribution in [-0.4, -0.2) is 39.1 Å². The monoisotopic (exact) mass is 387 g/mol. The fraction of sp³-hybridized carbons (Fsp3) is 0.211. The number of nitrogens with one attached hydrogen (secondary N) is 3. The second-order valence-electron chi connectivity index (χ2n) is 5.55. The number of hydrogen-bond donors (Lipinski definition) is 3. The summed E-state index contributed by atoms with van der Waals surface area (Å²) in [6, 6.07) is 9.38. The van der Waals surface area contributed by atoms with Crippen molar-refractivity contribution in [1.29, 1.82) is 0 Å². The molecule has 2 aromatic rings. The van der Waals surface area contributed by atoms with E-state index in [0.717, 1.165) is 0 Å². The average molecular weight is 387 g/mol. The fourth-order valence-corrected chi connectivity index (χ4v) is 2.41. The fourth-order valence-electron chi connectivity index (χ4n) is 2.41. The Morgan fingerprint density at radius 3 is 1.96 bits per heavy atom. The lowest BCUT2D eigenvalue weighted by Crippen LogP contribution is -2.40. The van der Waals surface area contributed by atoms with Gasteiger partial charge in [0, 0.05) is 12.5 Å². The lowest BCUT2D eigenvalue weighted by molar-refractivity contribution is -0.119. The molecule has 3 N–H and O–H groups in total. The van der Waals surface area contributed by atoms with Gasteiger partial charge in [-0.1, -0.05) is 12.1 Å². The highest BCUT2D eigenvalue weighted by Gasteiger charge is 2.19. The number of benzene rings is 2. The first kappa shape index (κ1) is 20.6. The highest BCUT2D eigenvalue weighted by atomic mass is 16.5. The highest BCUT2D eigenvalue weighted by molar-refractivity contribution is 6.09. The van der Waals surface area contributed by atoms with Crippen LogP contribution in [0.5, 0.6) is 17.2 Å². The second kappa shape index (κ2) is 9.26. The topological polar surface area (TPSA) is 115 Å². The molecule has 148 valence electrons. The molecule has 0 aliphatic rings. The van der Waals surface area contributed by atoms with Gasteiger partial charge in [-0.25, -0.2) is 0 Å². The molecule has 0 bridgehead atoms. The molecule has 9 heteroatoms. The third kappa shape index (κ3) is 4.70. The highest BCUT2D eigenvalue weighted by Crippen LogP contribution is 2.38. The summed E-state index contributed by atoms with van der Waals surface area (Å²) < 4.78 is 15.7. The minimum atomic E-state index is -0.573. The Morgan fingerprint density at radius 2 is 1.43 bits per heavy atom. The zero-order chi connectivity index (χ0) is 20.7. The molecule has 0 unspecified atom stereocenters. The van der Waals surface area contributed by atoms with Crippen LogP contribution in [0.4, 0.5) is 5.69 Å². The van der Waals surface area contributed by atoms with Crippen LogP contribution in [-0.2, 0) is 4.79 Å². The summed E-state index contributed by atoms with van der Waals surface area (Å²) in [5.74, 6) is -0.480. The van der Waals surface area contributed by atoms with Crippen LogP contribution in [0.15, 0.2) is 36.4 Å². The van der Waals surface area contributed by atoms with Crippen molar-refractivity contribution in [1.82, 2.24) is 10.9 Å². The van der Waals surface area contributed by atoms with Crippen molar-refractivity contribution in [2.24, 2.45) is 0 Å². The SMILES string of the molecule is COc1cc(C(=O)Nc2ccccc2C(=O)NNC(C)=O)cc(OC)c1OC. The molecule has 0 spiro atoms. The Bertz CT molecular complexity index is 872. The molecular formula is C19H21N3O6. The number of carbonyl (C=O) groups excluding carboxylic acids is 3. The van der Waals surface area contributed by atoms with Crippen molar-refractivity contribution >= 4 is 23.4 Å². The molecule has 3 amide bonds. The molecule has 2 rings (SSSR count). The molecule has 0 atom stereocenters.